The van der Waals surface area contributed by atoms with Crippen LogP contribution in [0.25, 0.3) is 39.2 Å². The average molecular weight is 460 g/mol. The molecule has 2 aromatic heterocycles. The van der Waals surface area contributed by atoms with Crippen molar-refractivity contribution in [2.24, 2.45) is 4.99 Å². The van der Waals surface area contributed by atoms with Gasteiger partial charge < -0.3 is 19.8 Å². The number of benzene rings is 2. The van der Waals surface area contributed by atoms with Crippen LogP contribution >= 0.6 is 11.6 Å². The number of aliphatic imine (C=N–C) groups is 1. The van der Waals surface area contributed by atoms with E-state index in [1.54, 1.807) is 12.2 Å². The maximum Gasteiger partial charge on any atom is 0.157 e. The Hall–Kier alpha value is -3.42. The lowest BCUT2D eigenvalue weighted by Gasteiger charge is -2.34. The fourth-order valence-corrected chi connectivity index (χ4v) is 4.18. The minimum Gasteiger partial charge on any atom is -0.369 e. The molecule has 168 valence electrons. The second-order valence-electron chi connectivity index (χ2n) is 8.26. The highest BCUT2D eigenvalue weighted by molar-refractivity contribution is 6.31. The van der Waals surface area contributed by atoms with Crippen molar-refractivity contribution in [3.05, 3.63) is 59.4 Å². The van der Waals surface area contributed by atoms with Gasteiger partial charge in [-0.05, 0) is 63.2 Å². The third-order valence-electron chi connectivity index (χ3n) is 6.05. The number of halogens is 1. The molecule has 0 amide bonds. The van der Waals surface area contributed by atoms with Crippen molar-refractivity contribution in [1.82, 2.24) is 24.8 Å². The highest BCUT2D eigenvalue weighted by Crippen LogP contribution is 2.28. The molecule has 4 aromatic rings. The molecule has 7 nitrogen and oxygen atoms in total. The van der Waals surface area contributed by atoms with Crippen molar-refractivity contribution in [2.75, 3.05) is 38.1 Å². The Labute approximate surface area is 197 Å². The first kappa shape index (κ1) is 21.4. The zero-order valence-electron chi connectivity index (χ0n) is 18.8. The number of rotatable bonds is 5. The smallest absolute Gasteiger partial charge is 0.157 e. The molecule has 1 saturated heterocycles. The molecule has 0 saturated carbocycles. The average Bonchev–Trinajstić information content (AvgIpc) is 3.45. The quantitative estimate of drug-likeness (QED) is 0.323. The van der Waals surface area contributed by atoms with Crippen LogP contribution in [0, 0.1) is 0 Å². The number of aromatic nitrogens is 4. The Morgan fingerprint density at radius 3 is 2.52 bits per heavy atom. The highest BCUT2D eigenvalue weighted by Gasteiger charge is 2.16. The summed E-state index contributed by atoms with van der Waals surface area (Å²) in [4.78, 5) is 25.1. The summed E-state index contributed by atoms with van der Waals surface area (Å²) in [5.74, 6) is 1.45. The SMILES string of the molecule is C=N/C(=C\C(Cl)=C/C)c1nc2ccc(-c3nc4ccc(N5CCN(C)CC5)cc4[nH]3)cc2[nH]1. The van der Waals surface area contributed by atoms with Crippen LogP contribution in [-0.2, 0) is 0 Å². The maximum atomic E-state index is 6.14. The van der Waals surface area contributed by atoms with Crippen molar-refractivity contribution in [1.29, 1.82) is 0 Å². The van der Waals surface area contributed by atoms with Crippen LogP contribution in [0.15, 0.2) is 58.6 Å². The Morgan fingerprint density at radius 2 is 1.76 bits per heavy atom. The number of H-pyrrole nitrogens is 2. The Balaban J connectivity index is 1.46. The minimum absolute atomic E-state index is 0.580. The molecule has 33 heavy (non-hydrogen) atoms. The third kappa shape index (κ3) is 4.29. The van der Waals surface area contributed by atoms with Gasteiger partial charge in [0.2, 0.25) is 0 Å². The summed E-state index contributed by atoms with van der Waals surface area (Å²) in [7, 11) is 2.17. The highest BCUT2D eigenvalue weighted by atomic mass is 35.5. The molecular formula is C25H26ClN7. The molecule has 1 aliphatic heterocycles. The second kappa shape index (κ2) is 8.84. The van der Waals surface area contributed by atoms with E-state index in [2.05, 4.69) is 61.7 Å². The molecule has 0 atom stereocenters. The molecule has 0 bridgehead atoms. The largest absolute Gasteiger partial charge is 0.369 e. The first-order chi connectivity index (χ1) is 16.0. The van der Waals surface area contributed by atoms with Crippen LogP contribution in [-0.4, -0.2) is 64.8 Å². The summed E-state index contributed by atoms with van der Waals surface area (Å²) in [5.41, 5.74) is 6.54. The van der Waals surface area contributed by atoms with Gasteiger partial charge >= 0.3 is 0 Å². The van der Waals surface area contributed by atoms with Crippen molar-refractivity contribution >= 4 is 51.8 Å². The van der Waals surface area contributed by atoms with E-state index in [1.807, 2.05) is 25.1 Å². The molecule has 0 radical (unpaired) electrons. The van der Waals surface area contributed by atoms with E-state index < -0.39 is 0 Å². The number of likely N-dealkylation sites (N-methyl/N-ethyl adjacent to an activating group) is 1. The van der Waals surface area contributed by atoms with Crippen LogP contribution < -0.4 is 4.90 Å². The first-order valence-corrected chi connectivity index (χ1v) is 11.4. The monoisotopic (exact) mass is 459 g/mol. The maximum absolute atomic E-state index is 6.14. The van der Waals surface area contributed by atoms with Crippen molar-refractivity contribution in [3.63, 3.8) is 0 Å². The molecule has 5 rings (SSSR count). The van der Waals surface area contributed by atoms with Crippen LogP contribution in [0.3, 0.4) is 0 Å². The normalized spacial score (nSPS) is 16.2. The fourth-order valence-electron chi connectivity index (χ4n) is 4.08. The molecular weight excluding hydrogens is 434 g/mol. The van der Waals surface area contributed by atoms with Crippen LogP contribution in [0.5, 0.6) is 0 Å². The number of nitrogens with zero attached hydrogens (tertiary/aromatic N) is 5. The van der Waals surface area contributed by atoms with E-state index >= 15 is 0 Å². The topological polar surface area (TPSA) is 76.2 Å². The lowest BCUT2D eigenvalue weighted by Crippen LogP contribution is -2.44. The summed E-state index contributed by atoms with van der Waals surface area (Å²) in [5, 5.41) is 0.580. The van der Waals surface area contributed by atoms with Gasteiger partial charge in [-0.2, -0.15) is 0 Å². The van der Waals surface area contributed by atoms with E-state index in [9.17, 15) is 0 Å². The molecule has 3 heterocycles. The van der Waals surface area contributed by atoms with Crippen molar-refractivity contribution in [2.45, 2.75) is 6.92 Å². The van der Waals surface area contributed by atoms with E-state index in [0.717, 1.165) is 59.6 Å². The summed E-state index contributed by atoms with van der Waals surface area (Å²) < 4.78 is 0. The van der Waals surface area contributed by atoms with Crippen LogP contribution in [0.1, 0.15) is 12.7 Å². The molecule has 0 unspecified atom stereocenters. The lowest BCUT2D eigenvalue weighted by molar-refractivity contribution is 0.313. The molecule has 0 aliphatic carbocycles. The number of anilines is 1. The molecule has 8 heteroatoms. The third-order valence-corrected chi connectivity index (χ3v) is 6.38. The predicted molar refractivity (Wildman–Crippen MR) is 138 cm³/mol. The molecule has 1 aliphatic rings. The fraction of sp³-hybridized carbons (Fsp3) is 0.240. The minimum atomic E-state index is 0.580. The lowest BCUT2D eigenvalue weighted by atomic mass is 10.2. The van der Waals surface area contributed by atoms with E-state index in [0.29, 0.717) is 16.6 Å². The van der Waals surface area contributed by atoms with Gasteiger partial charge in [0.05, 0.1) is 22.1 Å². The molecule has 2 aromatic carbocycles. The Bertz CT molecular complexity index is 1390. The number of aromatic amines is 2. The summed E-state index contributed by atoms with van der Waals surface area (Å²) in [6.45, 7) is 9.75. The van der Waals surface area contributed by atoms with E-state index in [4.69, 9.17) is 16.6 Å². The summed E-state index contributed by atoms with van der Waals surface area (Å²) >= 11 is 6.14. The van der Waals surface area contributed by atoms with E-state index in [1.165, 1.54) is 5.69 Å². The van der Waals surface area contributed by atoms with Gasteiger partial charge in [0.1, 0.15) is 11.5 Å². The number of nitrogens with one attached hydrogen (secondary N) is 2. The Kier molecular flexibility index (Phi) is 5.74. The van der Waals surface area contributed by atoms with Gasteiger partial charge in [0, 0.05) is 42.5 Å². The number of piperazine rings is 1. The molecule has 0 spiro atoms. The van der Waals surface area contributed by atoms with Crippen molar-refractivity contribution < 1.29 is 0 Å². The van der Waals surface area contributed by atoms with Gasteiger partial charge in [-0.15, -0.1) is 0 Å². The van der Waals surface area contributed by atoms with Crippen LogP contribution in [0.2, 0.25) is 0 Å². The number of fused-ring (bicyclic) bond motifs is 2. The zero-order chi connectivity index (χ0) is 22.9. The van der Waals surface area contributed by atoms with Gasteiger partial charge in [0.25, 0.3) is 0 Å². The summed E-state index contributed by atoms with van der Waals surface area (Å²) in [6, 6.07) is 12.5. The van der Waals surface area contributed by atoms with E-state index in [-0.39, 0.29) is 0 Å². The summed E-state index contributed by atoms with van der Waals surface area (Å²) in [6.07, 6.45) is 3.54. The number of hydrogen-bond donors (Lipinski definition) is 2. The number of hydrogen-bond acceptors (Lipinski definition) is 5. The molecule has 2 N–H and O–H groups in total. The van der Waals surface area contributed by atoms with Crippen molar-refractivity contribution in [3.8, 4) is 11.4 Å². The van der Waals surface area contributed by atoms with Gasteiger partial charge in [-0.1, -0.05) is 17.7 Å². The van der Waals surface area contributed by atoms with Gasteiger partial charge in [-0.25, -0.2) is 9.97 Å². The molecule has 1 fully saturated rings. The number of allylic oxidation sites excluding steroid dienone is 3. The number of imidazole rings is 2. The van der Waals surface area contributed by atoms with Gasteiger partial charge in [0.15, 0.2) is 5.82 Å². The standard InChI is InChI=1S/C25H26ClN7/c1-4-17(26)14-23(27-2)25-29-19-7-5-16(13-21(19)31-25)24-28-20-8-6-18(15-22(20)30-24)33-11-9-32(3)10-12-33/h4-8,13-15H,2,9-12H2,1,3H3,(H,28,30)(H,29,31)/b17-4+,23-14-. The van der Waals surface area contributed by atoms with Gasteiger partial charge in [-0.3, -0.25) is 4.99 Å². The second-order valence-corrected chi connectivity index (χ2v) is 8.69. The Morgan fingerprint density at radius 1 is 1.03 bits per heavy atom. The first-order valence-electron chi connectivity index (χ1n) is 11.0. The van der Waals surface area contributed by atoms with Crippen LogP contribution in [0.4, 0.5) is 5.69 Å². The zero-order valence-corrected chi connectivity index (χ0v) is 19.5. The predicted octanol–water partition coefficient (Wildman–Crippen LogP) is 5.04.